The van der Waals surface area contributed by atoms with Gasteiger partial charge in [-0.25, -0.2) is 24.7 Å². The third kappa shape index (κ3) is 5.23. The van der Waals surface area contributed by atoms with E-state index in [4.69, 9.17) is 14.7 Å². The molecule has 4 heterocycles. The third-order valence-electron chi connectivity index (χ3n) is 6.68. The van der Waals surface area contributed by atoms with Crippen molar-refractivity contribution in [3.8, 4) is 11.4 Å². The Balaban J connectivity index is 1.26. The van der Waals surface area contributed by atoms with Crippen LogP contribution in [0.5, 0.6) is 0 Å². The second-order valence-corrected chi connectivity index (χ2v) is 11.0. The lowest BCUT2D eigenvalue weighted by atomic mass is 9.97. The van der Waals surface area contributed by atoms with E-state index in [0.29, 0.717) is 30.9 Å². The summed E-state index contributed by atoms with van der Waals surface area (Å²) >= 11 is 0. The Bertz CT molecular complexity index is 1280. The van der Waals surface area contributed by atoms with Gasteiger partial charge in [0.25, 0.3) is 0 Å². The molecule has 10 heteroatoms. The first-order chi connectivity index (χ1) is 17.6. The van der Waals surface area contributed by atoms with Crippen LogP contribution in [0.3, 0.4) is 0 Å². The highest BCUT2D eigenvalue weighted by atomic mass is 16.6. The number of aryl methyl sites for hydroxylation is 3. The minimum absolute atomic E-state index is 0.256. The summed E-state index contributed by atoms with van der Waals surface area (Å²) in [5.74, 6) is 2.22. The van der Waals surface area contributed by atoms with Crippen LogP contribution in [0.25, 0.3) is 11.4 Å². The maximum absolute atomic E-state index is 12.3. The van der Waals surface area contributed by atoms with Crippen molar-refractivity contribution in [2.45, 2.75) is 66.0 Å². The molecule has 1 aliphatic heterocycles. The number of carbonyl (C=O) groups excluding carboxylic acids is 1. The van der Waals surface area contributed by atoms with Crippen LogP contribution in [0, 0.1) is 6.92 Å². The summed E-state index contributed by atoms with van der Waals surface area (Å²) in [5.41, 5.74) is 4.84. The van der Waals surface area contributed by atoms with E-state index in [1.807, 2.05) is 45.3 Å². The van der Waals surface area contributed by atoms with Gasteiger partial charge in [-0.15, -0.1) is 0 Å². The average Bonchev–Trinajstić information content (AvgIpc) is 3.20. The van der Waals surface area contributed by atoms with E-state index < -0.39 is 5.60 Å². The molecule has 0 bridgehead atoms. The van der Waals surface area contributed by atoms with Gasteiger partial charge in [-0.3, -0.25) is 0 Å². The number of rotatable bonds is 4. The molecule has 1 aliphatic carbocycles. The Morgan fingerprint density at radius 2 is 1.78 bits per heavy atom. The van der Waals surface area contributed by atoms with Crippen LogP contribution in [-0.4, -0.2) is 67.3 Å². The summed E-state index contributed by atoms with van der Waals surface area (Å²) < 4.78 is 7.76. The zero-order valence-electron chi connectivity index (χ0n) is 22.6. The number of fused-ring (bicyclic) bond motifs is 3. The van der Waals surface area contributed by atoms with Gasteiger partial charge in [0.05, 0.1) is 29.0 Å². The van der Waals surface area contributed by atoms with Crippen molar-refractivity contribution < 1.29 is 9.53 Å². The van der Waals surface area contributed by atoms with Gasteiger partial charge in [-0.1, -0.05) is 0 Å². The Hall–Kier alpha value is -3.69. The van der Waals surface area contributed by atoms with Crippen molar-refractivity contribution in [2.75, 3.05) is 36.4 Å². The molecule has 37 heavy (non-hydrogen) atoms. The van der Waals surface area contributed by atoms with Crippen molar-refractivity contribution >= 4 is 23.5 Å². The van der Waals surface area contributed by atoms with E-state index in [2.05, 4.69) is 45.5 Å². The van der Waals surface area contributed by atoms with E-state index in [1.165, 1.54) is 0 Å². The SMILES string of the molecule is Cc1nc2c(n1C(C)C)-c1nc(Nc3ccc(N4CCN(C(=O)OC(C)(C)C)CC4)cn3)ncc1CC2. The average molecular weight is 505 g/mol. The maximum atomic E-state index is 12.3. The number of aromatic nitrogens is 5. The first-order valence-electron chi connectivity index (χ1n) is 13.0. The number of anilines is 3. The minimum atomic E-state index is -0.487. The Morgan fingerprint density at radius 1 is 1.03 bits per heavy atom. The molecule has 1 fully saturated rings. The van der Waals surface area contributed by atoms with Gasteiger partial charge in [0, 0.05) is 38.4 Å². The molecule has 3 aromatic heterocycles. The second-order valence-electron chi connectivity index (χ2n) is 11.0. The number of ether oxygens (including phenoxy) is 1. The summed E-state index contributed by atoms with van der Waals surface area (Å²) in [5, 5.41) is 3.26. The highest BCUT2D eigenvalue weighted by molar-refractivity contribution is 5.69. The quantitative estimate of drug-likeness (QED) is 0.553. The molecule has 196 valence electrons. The molecule has 10 nitrogen and oxygen atoms in total. The molecular weight excluding hydrogens is 468 g/mol. The van der Waals surface area contributed by atoms with Crippen LogP contribution in [0.4, 0.5) is 22.2 Å². The summed E-state index contributed by atoms with van der Waals surface area (Å²) in [7, 11) is 0. The standard InChI is InChI=1S/C27H36N8O2/c1-17(2)35-18(3)30-21-9-7-19-15-29-25(32-23(19)24(21)35)31-22-10-8-20(16-28-22)33-11-13-34(14-12-33)26(36)37-27(4,5)6/h8,10,15-17H,7,9,11-14H2,1-6H3,(H,28,29,31,32). The molecule has 1 N–H and O–H groups in total. The predicted octanol–water partition coefficient (Wildman–Crippen LogP) is 4.52. The fourth-order valence-corrected chi connectivity index (χ4v) is 5.00. The van der Waals surface area contributed by atoms with Crippen molar-refractivity contribution in [3.05, 3.63) is 41.6 Å². The van der Waals surface area contributed by atoms with E-state index in [0.717, 1.165) is 60.1 Å². The van der Waals surface area contributed by atoms with Crippen molar-refractivity contribution in [3.63, 3.8) is 0 Å². The van der Waals surface area contributed by atoms with Gasteiger partial charge in [0.2, 0.25) is 5.95 Å². The maximum Gasteiger partial charge on any atom is 0.410 e. The number of nitrogens with one attached hydrogen (secondary N) is 1. The number of hydrogen-bond donors (Lipinski definition) is 1. The molecule has 0 unspecified atom stereocenters. The lowest BCUT2D eigenvalue weighted by molar-refractivity contribution is 0.0240. The normalized spacial score (nSPS) is 15.4. The van der Waals surface area contributed by atoms with Gasteiger partial charge in [0.1, 0.15) is 17.2 Å². The molecule has 2 aliphatic rings. The molecule has 0 spiro atoms. The van der Waals surface area contributed by atoms with Gasteiger partial charge in [0.15, 0.2) is 0 Å². The van der Waals surface area contributed by atoms with Crippen LogP contribution >= 0.6 is 0 Å². The molecule has 3 aromatic rings. The fraction of sp³-hybridized carbons (Fsp3) is 0.519. The molecule has 0 aromatic carbocycles. The second kappa shape index (κ2) is 9.64. The van der Waals surface area contributed by atoms with Gasteiger partial charge < -0.3 is 24.4 Å². The predicted molar refractivity (Wildman–Crippen MR) is 143 cm³/mol. The lowest BCUT2D eigenvalue weighted by Gasteiger charge is -2.36. The Labute approximate surface area is 218 Å². The highest BCUT2D eigenvalue weighted by Gasteiger charge is 2.27. The number of carbonyl (C=O) groups is 1. The number of nitrogens with zero attached hydrogens (tertiary/aromatic N) is 7. The van der Waals surface area contributed by atoms with Crippen molar-refractivity contribution in [1.29, 1.82) is 0 Å². The first-order valence-corrected chi connectivity index (χ1v) is 13.0. The number of pyridine rings is 1. The van der Waals surface area contributed by atoms with E-state index in [1.54, 1.807) is 4.90 Å². The molecule has 0 radical (unpaired) electrons. The van der Waals surface area contributed by atoms with Gasteiger partial charge >= 0.3 is 6.09 Å². The van der Waals surface area contributed by atoms with Gasteiger partial charge in [-0.2, -0.15) is 0 Å². The minimum Gasteiger partial charge on any atom is -0.444 e. The van der Waals surface area contributed by atoms with Crippen LogP contribution < -0.4 is 10.2 Å². The van der Waals surface area contributed by atoms with Crippen LogP contribution in [0.15, 0.2) is 24.5 Å². The number of amides is 1. The van der Waals surface area contributed by atoms with Crippen LogP contribution in [0.2, 0.25) is 0 Å². The first kappa shape index (κ1) is 25.0. The summed E-state index contributed by atoms with van der Waals surface area (Å²) in [4.78, 5) is 35.2. The molecule has 5 rings (SSSR count). The Kier molecular flexibility index (Phi) is 6.51. The van der Waals surface area contributed by atoms with Crippen LogP contribution in [0.1, 0.15) is 57.7 Å². The number of piperazine rings is 1. The number of imidazole rings is 1. The van der Waals surface area contributed by atoms with Crippen molar-refractivity contribution in [1.82, 2.24) is 29.4 Å². The lowest BCUT2D eigenvalue weighted by Crippen LogP contribution is -2.50. The molecular formula is C27H36N8O2. The molecule has 1 amide bonds. The third-order valence-corrected chi connectivity index (χ3v) is 6.68. The molecule has 1 saturated heterocycles. The summed E-state index contributed by atoms with van der Waals surface area (Å²) in [6.45, 7) is 14.8. The zero-order valence-corrected chi connectivity index (χ0v) is 22.6. The van der Waals surface area contributed by atoms with E-state index in [9.17, 15) is 4.79 Å². The largest absolute Gasteiger partial charge is 0.444 e. The smallest absolute Gasteiger partial charge is 0.410 e. The van der Waals surface area contributed by atoms with Gasteiger partial charge in [-0.05, 0) is 72.1 Å². The summed E-state index contributed by atoms with van der Waals surface area (Å²) in [6.07, 6.45) is 5.31. The fourth-order valence-electron chi connectivity index (χ4n) is 5.00. The van der Waals surface area contributed by atoms with E-state index >= 15 is 0 Å². The van der Waals surface area contributed by atoms with Crippen molar-refractivity contribution in [2.24, 2.45) is 0 Å². The highest BCUT2D eigenvalue weighted by Crippen LogP contribution is 2.35. The zero-order chi connectivity index (χ0) is 26.3. The Morgan fingerprint density at radius 3 is 2.43 bits per heavy atom. The summed E-state index contributed by atoms with van der Waals surface area (Å²) in [6, 6.07) is 4.27. The monoisotopic (exact) mass is 504 g/mol. The molecule has 0 saturated carbocycles. The topological polar surface area (TPSA) is 101 Å². The van der Waals surface area contributed by atoms with E-state index in [-0.39, 0.29) is 6.09 Å². The molecule has 0 atom stereocenters. The number of hydrogen-bond acceptors (Lipinski definition) is 8. The van der Waals surface area contributed by atoms with Crippen LogP contribution in [-0.2, 0) is 17.6 Å².